The fraction of sp³-hybridized carbons (Fsp3) is 0.133. The summed E-state index contributed by atoms with van der Waals surface area (Å²) >= 11 is 5.11. The van der Waals surface area contributed by atoms with Gasteiger partial charge in [-0.05, 0) is 36.8 Å². The standard InChI is InChI=1S/C15H14F2N2S/c1-10-3-2-4-11(7-10)9-18-15(20)19-12-5-6-13(16)14(17)8-12/h2-8H,9H2,1H3,(H2,18,19,20). The average molecular weight is 292 g/mol. The Morgan fingerprint density at radius 2 is 1.90 bits per heavy atom. The van der Waals surface area contributed by atoms with Crippen molar-refractivity contribution in [2.45, 2.75) is 13.5 Å². The van der Waals surface area contributed by atoms with Crippen LogP contribution in [0.3, 0.4) is 0 Å². The molecular formula is C15H14F2N2S. The van der Waals surface area contributed by atoms with Gasteiger partial charge in [-0.25, -0.2) is 8.78 Å². The fourth-order valence-electron chi connectivity index (χ4n) is 1.75. The van der Waals surface area contributed by atoms with E-state index in [4.69, 9.17) is 12.2 Å². The van der Waals surface area contributed by atoms with Gasteiger partial charge in [-0.2, -0.15) is 0 Å². The molecule has 0 heterocycles. The summed E-state index contributed by atoms with van der Waals surface area (Å²) in [4.78, 5) is 0. The first kappa shape index (κ1) is 14.4. The summed E-state index contributed by atoms with van der Waals surface area (Å²) in [5, 5.41) is 6.18. The van der Waals surface area contributed by atoms with Crippen molar-refractivity contribution in [3.8, 4) is 0 Å². The summed E-state index contributed by atoms with van der Waals surface area (Å²) in [6.45, 7) is 2.58. The molecule has 0 aliphatic heterocycles. The van der Waals surface area contributed by atoms with Crippen LogP contribution < -0.4 is 10.6 Å². The quantitative estimate of drug-likeness (QED) is 0.842. The van der Waals surface area contributed by atoms with Crippen molar-refractivity contribution in [2.24, 2.45) is 0 Å². The Hall–Kier alpha value is -2.01. The maximum absolute atomic E-state index is 13.0. The molecule has 0 bridgehead atoms. The number of rotatable bonds is 3. The molecule has 20 heavy (non-hydrogen) atoms. The van der Waals surface area contributed by atoms with Crippen LogP contribution >= 0.6 is 12.2 Å². The molecule has 0 saturated heterocycles. The van der Waals surface area contributed by atoms with E-state index in [9.17, 15) is 8.78 Å². The second-order valence-electron chi connectivity index (χ2n) is 4.43. The van der Waals surface area contributed by atoms with E-state index in [1.807, 2.05) is 31.2 Å². The Labute approximate surface area is 121 Å². The molecule has 2 aromatic rings. The molecule has 0 fully saturated rings. The molecule has 0 aliphatic rings. The number of thiocarbonyl (C=S) groups is 1. The monoisotopic (exact) mass is 292 g/mol. The summed E-state index contributed by atoms with van der Waals surface area (Å²) in [5.41, 5.74) is 2.67. The lowest BCUT2D eigenvalue weighted by Gasteiger charge is -2.11. The Kier molecular flexibility index (Phi) is 4.63. The van der Waals surface area contributed by atoms with Crippen molar-refractivity contribution >= 4 is 23.0 Å². The minimum atomic E-state index is -0.906. The van der Waals surface area contributed by atoms with Crippen LogP contribution in [-0.4, -0.2) is 5.11 Å². The first-order valence-corrected chi connectivity index (χ1v) is 6.51. The SMILES string of the molecule is Cc1cccc(CNC(=S)Nc2ccc(F)c(F)c2)c1. The van der Waals surface area contributed by atoms with Gasteiger partial charge in [0.25, 0.3) is 0 Å². The summed E-state index contributed by atoms with van der Waals surface area (Å²) in [5.74, 6) is -1.79. The summed E-state index contributed by atoms with van der Waals surface area (Å²) < 4.78 is 25.8. The van der Waals surface area contributed by atoms with Gasteiger partial charge < -0.3 is 10.6 Å². The van der Waals surface area contributed by atoms with Crippen LogP contribution in [0, 0.1) is 18.6 Å². The Morgan fingerprint density at radius 1 is 1.10 bits per heavy atom. The highest BCUT2D eigenvalue weighted by atomic mass is 32.1. The van der Waals surface area contributed by atoms with Gasteiger partial charge in [0.1, 0.15) is 0 Å². The van der Waals surface area contributed by atoms with Crippen molar-refractivity contribution in [1.82, 2.24) is 5.32 Å². The first-order valence-electron chi connectivity index (χ1n) is 6.10. The predicted octanol–water partition coefficient (Wildman–Crippen LogP) is 3.76. The Morgan fingerprint density at radius 3 is 2.60 bits per heavy atom. The topological polar surface area (TPSA) is 24.1 Å². The van der Waals surface area contributed by atoms with E-state index in [1.165, 1.54) is 11.6 Å². The molecule has 2 nitrogen and oxygen atoms in total. The molecule has 2 N–H and O–H groups in total. The average Bonchev–Trinajstić information content (AvgIpc) is 2.41. The summed E-state index contributed by atoms with van der Waals surface area (Å²) in [6.07, 6.45) is 0. The molecule has 0 aromatic heterocycles. The van der Waals surface area contributed by atoms with Gasteiger partial charge in [0.15, 0.2) is 16.7 Å². The van der Waals surface area contributed by atoms with Gasteiger partial charge in [-0.15, -0.1) is 0 Å². The summed E-state index contributed by atoms with van der Waals surface area (Å²) in [7, 11) is 0. The van der Waals surface area contributed by atoms with E-state index in [0.717, 1.165) is 17.7 Å². The van der Waals surface area contributed by atoms with Gasteiger partial charge >= 0.3 is 0 Å². The van der Waals surface area contributed by atoms with E-state index in [-0.39, 0.29) is 0 Å². The normalized spacial score (nSPS) is 10.2. The third-order valence-electron chi connectivity index (χ3n) is 2.71. The van der Waals surface area contributed by atoms with Gasteiger partial charge in [-0.1, -0.05) is 29.8 Å². The maximum atomic E-state index is 13.0. The van der Waals surface area contributed by atoms with Crippen molar-refractivity contribution in [1.29, 1.82) is 0 Å². The zero-order chi connectivity index (χ0) is 14.5. The predicted molar refractivity (Wildman–Crippen MR) is 80.6 cm³/mol. The first-order chi connectivity index (χ1) is 9.54. The van der Waals surface area contributed by atoms with E-state index in [1.54, 1.807) is 0 Å². The van der Waals surface area contributed by atoms with Crippen molar-refractivity contribution in [2.75, 3.05) is 5.32 Å². The molecule has 0 atom stereocenters. The highest BCUT2D eigenvalue weighted by Crippen LogP contribution is 2.13. The third kappa shape index (κ3) is 3.99. The van der Waals surface area contributed by atoms with Crippen LogP contribution in [-0.2, 0) is 6.54 Å². The van der Waals surface area contributed by atoms with Crippen LogP contribution in [0.15, 0.2) is 42.5 Å². The number of hydrogen-bond acceptors (Lipinski definition) is 1. The minimum Gasteiger partial charge on any atom is -0.358 e. The van der Waals surface area contributed by atoms with Crippen LogP contribution in [0.1, 0.15) is 11.1 Å². The molecule has 0 saturated carbocycles. The largest absolute Gasteiger partial charge is 0.358 e. The highest BCUT2D eigenvalue weighted by Gasteiger charge is 2.04. The van der Waals surface area contributed by atoms with E-state index < -0.39 is 11.6 Å². The molecule has 2 aromatic carbocycles. The van der Waals surface area contributed by atoms with E-state index in [0.29, 0.717) is 17.3 Å². The van der Waals surface area contributed by atoms with Crippen molar-refractivity contribution in [3.63, 3.8) is 0 Å². The molecule has 0 amide bonds. The number of benzene rings is 2. The second-order valence-corrected chi connectivity index (χ2v) is 4.83. The molecule has 0 spiro atoms. The van der Waals surface area contributed by atoms with Gasteiger partial charge in [-0.3, -0.25) is 0 Å². The van der Waals surface area contributed by atoms with E-state index in [2.05, 4.69) is 10.6 Å². The maximum Gasteiger partial charge on any atom is 0.171 e. The lowest BCUT2D eigenvalue weighted by molar-refractivity contribution is 0.509. The van der Waals surface area contributed by atoms with Crippen molar-refractivity contribution < 1.29 is 8.78 Å². The number of aryl methyl sites for hydroxylation is 1. The fourth-order valence-corrected chi connectivity index (χ4v) is 1.94. The van der Waals surface area contributed by atoms with Gasteiger partial charge in [0, 0.05) is 18.3 Å². The zero-order valence-electron chi connectivity index (χ0n) is 10.9. The highest BCUT2D eigenvalue weighted by molar-refractivity contribution is 7.80. The van der Waals surface area contributed by atoms with E-state index >= 15 is 0 Å². The van der Waals surface area contributed by atoms with Gasteiger partial charge in [0.2, 0.25) is 0 Å². The van der Waals surface area contributed by atoms with Crippen LogP contribution in [0.4, 0.5) is 14.5 Å². The number of hydrogen-bond donors (Lipinski definition) is 2. The molecule has 2 rings (SSSR count). The van der Waals surface area contributed by atoms with Crippen LogP contribution in [0.2, 0.25) is 0 Å². The second kappa shape index (κ2) is 6.43. The van der Waals surface area contributed by atoms with Crippen molar-refractivity contribution in [3.05, 3.63) is 65.2 Å². The number of nitrogens with one attached hydrogen (secondary N) is 2. The smallest absolute Gasteiger partial charge is 0.171 e. The molecule has 0 radical (unpaired) electrons. The minimum absolute atomic E-state index is 0.359. The number of halogens is 2. The lowest BCUT2D eigenvalue weighted by Crippen LogP contribution is -2.27. The molecule has 5 heteroatoms. The summed E-state index contributed by atoms with van der Waals surface area (Å²) in [6, 6.07) is 11.6. The molecular weight excluding hydrogens is 278 g/mol. The molecule has 0 unspecified atom stereocenters. The third-order valence-corrected chi connectivity index (χ3v) is 2.96. The Bertz CT molecular complexity index is 629. The van der Waals surface area contributed by atoms with Crippen LogP contribution in [0.5, 0.6) is 0 Å². The van der Waals surface area contributed by atoms with Crippen LogP contribution in [0.25, 0.3) is 0 Å². The Balaban J connectivity index is 1.91. The lowest BCUT2D eigenvalue weighted by atomic mass is 10.1. The number of anilines is 1. The zero-order valence-corrected chi connectivity index (χ0v) is 11.7. The molecule has 0 aliphatic carbocycles. The molecule has 104 valence electrons. The van der Waals surface area contributed by atoms with Gasteiger partial charge in [0.05, 0.1) is 0 Å².